The van der Waals surface area contributed by atoms with E-state index in [4.69, 9.17) is 5.21 Å². The number of unbranched alkanes of at least 4 members (excludes halogenated alkanes) is 2. The van der Waals surface area contributed by atoms with Crippen LogP contribution in [0.1, 0.15) is 64.2 Å². The molecule has 0 radical (unpaired) electrons. The Labute approximate surface area is 166 Å². The molecular weight excluding hydrogens is 358 g/mol. The van der Waals surface area contributed by atoms with Crippen molar-refractivity contribution in [3.05, 3.63) is 30.3 Å². The van der Waals surface area contributed by atoms with Gasteiger partial charge < -0.3 is 10.6 Å². The molecule has 1 aliphatic rings. The van der Waals surface area contributed by atoms with Crippen LogP contribution in [-0.2, 0) is 14.4 Å². The zero-order chi connectivity index (χ0) is 20.2. The van der Waals surface area contributed by atoms with Crippen molar-refractivity contribution in [2.75, 3.05) is 5.32 Å². The van der Waals surface area contributed by atoms with Crippen LogP contribution in [0, 0.1) is 5.92 Å². The lowest BCUT2D eigenvalue weighted by Crippen LogP contribution is -2.46. The number of anilines is 1. The van der Waals surface area contributed by atoms with Crippen LogP contribution in [0.2, 0.25) is 0 Å². The second-order valence-electron chi connectivity index (χ2n) is 7.39. The van der Waals surface area contributed by atoms with Crippen LogP contribution < -0.4 is 16.1 Å². The Morgan fingerprint density at radius 3 is 2.39 bits per heavy atom. The van der Waals surface area contributed by atoms with E-state index in [2.05, 4.69) is 10.6 Å². The number of carbonyl (C=O) groups excluding carboxylic acids is 3. The lowest BCUT2D eigenvalue weighted by molar-refractivity contribution is -0.130. The molecule has 7 nitrogen and oxygen atoms in total. The molecule has 0 heterocycles. The van der Waals surface area contributed by atoms with Gasteiger partial charge in [0.15, 0.2) is 0 Å². The molecule has 0 spiro atoms. The summed E-state index contributed by atoms with van der Waals surface area (Å²) in [6.07, 6.45) is 7.88. The van der Waals surface area contributed by atoms with Gasteiger partial charge in [-0.2, -0.15) is 0 Å². The first kappa shape index (κ1) is 21.9. The fourth-order valence-corrected chi connectivity index (χ4v) is 3.54. The van der Waals surface area contributed by atoms with Gasteiger partial charge in [-0.05, 0) is 37.8 Å². The number of rotatable bonds is 10. The lowest BCUT2D eigenvalue weighted by Gasteiger charge is -2.24. The molecule has 0 aromatic heterocycles. The largest absolute Gasteiger partial charge is 0.344 e. The fourth-order valence-electron chi connectivity index (χ4n) is 3.54. The van der Waals surface area contributed by atoms with Crippen LogP contribution in [0.3, 0.4) is 0 Å². The molecule has 1 fully saturated rings. The topological polar surface area (TPSA) is 108 Å². The summed E-state index contributed by atoms with van der Waals surface area (Å²) < 4.78 is 0. The fraction of sp³-hybridized carbons (Fsp3) is 0.571. The van der Waals surface area contributed by atoms with Crippen LogP contribution in [0.4, 0.5) is 5.69 Å². The Kier molecular flexibility index (Phi) is 9.48. The molecule has 7 heteroatoms. The Bertz CT molecular complexity index is 630. The quantitative estimate of drug-likeness (QED) is 0.280. The van der Waals surface area contributed by atoms with Crippen molar-refractivity contribution in [2.24, 2.45) is 5.92 Å². The number of nitrogens with one attached hydrogen (secondary N) is 3. The van der Waals surface area contributed by atoms with Gasteiger partial charge in [0.25, 0.3) is 0 Å². The van der Waals surface area contributed by atoms with E-state index >= 15 is 0 Å². The summed E-state index contributed by atoms with van der Waals surface area (Å²) in [6.45, 7) is 0. The van der Waals surface area contributed by atoms with Crippen LogP contribution in [0.15, 0.2) is 30.3 Å². The van der Waals surface area contributed by atoms with Gasteiger partial charge in [0.2, 0.25) is 17.7 Å². The van der Waals surface area contributed by atoms with E-state index in [0.29, 0.717) is 24.9 Å². The number of hydroxylamine groups is 1. The third-order valence-corrected chi connectivity index (χ3v) is 5.17. The molecule has 0 aliphatic heterocycles. The Hall–Kier alpha value is -2.41. The summed E-state index contributed by atoms with van der Waals surface area (Å²) >= 11 is 0. The van der Waals surface area contributed by atoms with Crippen LogP contribution in [0.25, 0.3) is 0 Å². The monoisotopic (exact) mass is 389 g/mol. The molecule has 0 bridgehead atoms. The number of para-hydroxylation sites is 1. The van der Waals surface area contributed by atoms with Crippen molar-refractivity contribution in [1.29, 1.82) is 0 Å². The van der Waals surface area contributed by atoms with E-state index in [-0.39, 0.29) is 24.2 Å². The van der Waals surface area contributed by atoms with Gasteiger partial charge in [-0.15, -0.1) is 0 Å². The molecule has 3 amide bonds. The third kappa shape index (κ3) is 7.68. The number of benzene rings is 1. The molecule has 1 atom stereocenters. The maximum absolute atomic E-state index is 12.7. The van der Waals surface area contributed by atoms with E-state index in [9.17, 15) is 14.4 Å². The second-order valence-corrected chi connectivity index (χ2v) is 7.39. The minimum Gasteiger partial charge on any atom is -0.344 e. The number of amides is 3. The van der Waals surface area contributed by atoms with Crippen molar-refractivity contribution in [3.8, 4) is 0 Å². The van der Waals surface area contributed by atoms with Crippen LogP contribution in [0.5, 0.6) is 0 Å². The summed E-state index contributed by atoms with van der Waals surface area (Å²) in [5.41, 5.74) is 2.31. The Morgan fingerprint density at radius 2 is 1.71 bits per heavy atom. The summed E-state index contributed by atoms with van der Waals surface area (Å²) in [5.74, 6) is -0.672. The lowest BCUT2D eigenvalue weighted by atomic mass is 9.88. The number of hydrogen-bond donors (Lipinski definition) is 4. The van der Waals surface area contributed by atoms with Crippen molar-refractivity contribution < 1.29 is 19.6 Å². The predicted molar refractivity (Wildman–Crippen MR) is 107 cm³/mol. The molecular formula is C21H31N3O4. The van der Waals surface area contributed by atoms with Gasteiger partial charge in [-0.1, -0.05) is 50.3 Å². The highest BCUT2D eigenvalue weighted by molar-refractivity contribution is 5.97. The number of hydrogen-bond acceptors (Lipinski definition) is 4. The minimum absolute atomic E-state index is 0.00553. The molecule has 28 heavy (non-hydrogen) atoms. The maximum atomic E-state index is 12.7. The summed E-state index contributed by atoms with van der Waals surface area (Å²) in [7, 11) is 0. The van der Waals surface area contributed by atoms with Crippen LogP contribution >= 0.6 is 0 Å². The highest BCUT2D eigenvalue weighted by Gasteiger charge is 2.26. The highest BCUT2D eigenvalue weighted by atomic mass is 16.5. The van der Waals surface area contributed by atoms with E-state index in [1.807, 2.05) is 30.3 Å². The predicted octanol–water partition coefficient (Wildman–Crippen LogP) is 3.15. The average Bonchev–Trinajstić information content (AvgIpc) is 2.73. The van der Waals surface area contributed by atoms with Crippen molar-refractivity contribution in [2.45, 2.75) is 70.3 Å². The average molecular weight is 389 g/mol. The SMILES string of the molecule is O=C(CCCCC[C@H](NC(=O)C1CCCCC1)C(=O)Nc1ccccc1)NO. The summed E-state index contributed by atoms with van der Waals surface area (Å²) in [4.78, 5) is 36.4. The van der Waals surface area contributed by atoms with Gasteiger partial charge in [0, 0.05) is 18.0 Å². The minimum atomic E-state index is -0.596. The molecule has 154 valence electrons. The van der Waals surface area contributed by atoms with Gasteiger partial charge in [0.1, 0.15) is 6.04 Å². The zero-order valence-electron chi connectivity index (χ0n) is 16.3. The van der Waals surface area contributed by atoms with Crippen molar-refractivity contribution in [1.82, 2.24) is 10.8 Å². The molecule has 1 saturated carbocycles. The van der Waals surface area contributed by atoms with E-state index < -0.39 is 11.9 Å². The molecule has 1 aliphatic carbocycles. The van der Waals surface area contributed by atoms with E-state index in [0.717, 1.165) is 32.1 Å². The van der Waals surface area contributed by atoms with E-state index in [1.165, 1.54) is 6.42 Å². The summed E-state index contributed by atoms with van der Waals surface area (Å²) in [6, 6.07) is 8.59. The number of carbonyl (C=O) groups is 3. The van der Waals surface area contributed by atoms with Gasteiger partial charge in [0.05, 0.1) is 0 Å². The highest BCUT2D eigenvalue weighted by Crippen LogP contribution is 2.24. The first-order valence-electron chi connectivity index (χ1n) is 10.2. The van der Waals surface area contributed by atoms with E-state index in [1.54, 1.807) is 5.48 Å². The van der Waals surface area contributed by atoms with Crippen LogP contribution in [-0.4, -0.2) is 29.0 Å². The van der Waals surface area contributed by atoms with Gasteiger partial charge in [-0.3, -0.25) is 19.6 Å². The molecule has 0 unspecified atom stereocenters. The first-order valence-corrected chi connectivity index (χ1v) is 10.2. The summed E-state index contributed by atoms with van der Waals surface area (Å²) in [5, 5.41) is 14.3. The Morgan fingerprint density at radius 1 is 1.00 bits per heavy atom. The van der Waals surface area contributed by atoms with Crippen molar-refractivity contribution >= 4 is 23.4 Å². The third-order valence-electron chi connectivity index (χ3n) is 5.17. The molecule has 1 aromatic rings. The molecule has 1 aromatic carbocycles. The smallest absolute Gasteiger partial charge is 0.246 e. The zero-order valence-corrected chi connectivity index (χ0v) is 16.3. The normalized spacial score (nSPS) is 15.5. The molecule has 2 rings (SSSR count). The maximum Gasteiger partial charge on any atom is 0.246 e. The first-order chi connectivity index (χ1) is 13.6. The second kappa shape index (κ2) is 12.1. The Balaban J connectivity index is 1.89. The van der Waals surface area contributed by atoms with Gasteiger partial charge >= 0.3 is 0 Å². The molecule has 0 saturated heterocycles. The van der Waals surface area contributed by atoms with Crippen molar-refractivity contribution in [3.63, 3.8) is 0 Å². The molecule has 4 N–H and O–H groups in total. The van der Waals surface area contributed by atoms with Gasteiger partial charge in [-0.25, -0.2) is 5.48 Å². The standard InChI is InChI=1S/C21H31N3O4/c25-19(24-28)15-9-3-8-14-18(21(27)22-17-12-6-2-7-13-17)23-20(26)16-10-4-1-5-11-16/h2,6-7,12-13,16,18,28H,1,3-5,8-11,14-15H2,(H,22,27)(H,23,26)(H,24,25)/t18-/m0/s1.